The minimum atomic E-state index is -0.141. The first kappa shape index (κ1) is 39.3. The third-order valence-electron chi connectivity index (χ3n) is 13.2. The van der Waals surface area contributed by atoms with Crippen molar-refractivity contribution < 1.29 is 21.1 Å². The quantitative estimate of drug-likeness (QED) is 0.161. The Morgan fingerprint density at radius 2 is 1.37 bits per heavy atom. The Bertz CT molecular complexity index is 3460. The average Bonchev–Trinajstić information content (AvgIpc) is 4.03. The van der Waals surface area contributed by atoms with Crippen LogP contribution in [0, 0.1) is 26.0 Å². The molecule has 0 unspecified atom stereocenters. The molecule has 3 aromatic heterocycles. The monoisotopic (exact) mass is 994 g/mol. The van der Waals surface area contributed by atoms with Crippen molar-refractivity contribution in [1.29, 1.82) is 0 Å². The number of nitrogens with zero attached hydrogens (tertiary/aromatic N) is 5. The molecule has 7 aromatic carbocycles. The fourth-order valence-electron chi connectivity index (χ4n) is 10.2. The Kier molecular flexibility index (Phi) is 9.22. The normalized spacial score (nSPS) is 15.9. The molecule has 0 bridgehead atoms. The molecule has 0 spiro atoms. The number of pyridine rings is 1. The summed E-state index contributed by atoms with van der Waals surface area (Å²) in [7, 11) is 0. The number of hydrogen-bond donors (Lipinski definition) is 0. The number of benzene rings is 7. The SMILES string of the molecule is Cc1ccc2c(c1)c1cc(C)c(-n3c4ccc(-c5ccccc5)cc4c4cccnc43)[c-]c1n2-c1[c-]c(C2=N[C@H](c3ccccc3)[C@@H]3c4ccccc4CN23)cc(C(C)(C)C)c1.[Pt+2]. The number of fused-ring (bicyclic) bond motifs is 9. The second-order valence-corrected chi connectivity index (χ2v) is 18.2. The van der Waals surface area contributed by atoms with Crippen LogP contribution in [0.5, 0.6) is 0 Å². The largest absolute Gasteiger partial charge is 2.00 e. The number of amidine groups is 1. The summed E-state index contributed by atoms with van der Waals surface area (Å²) in [6.45, 7) is 12.1. The van der Waals surface area contributed by atoms with Gasteiger partial charge in [-0.2, -0.15) is 6.07 Å². The topological polar surface area (TPSA) is 38.4 Å². The predicted octanol–water partition coefficient (Wildman–Crippen LogP) is 13.5. The van der Waals surface area contributed by atoms with Gasteiger partial charge in [0.2, 0.25) is 0 Å². The Hall–Kier alpha value is -6.55. The molecule has 0 radical (unpaired) electrons. The van der Waals surface area contributed by atoms with Gasteiger partial charge in [0.05, 0.1) is 17.6 Å². The summed E-state index contributed by atoms with van der Waals surface area (Å²) in [5.74, 6) is 0.996. The van der Waals surface area contributed by atoms with Gasteiger partial charge in [0, 0.05) is 34.9 Å². The van der Waals surface area contributed by atoms with Gasteiger partial charge in [-0.05, 0) is 81.6 Å². The van der Waals surface area contributed by atoms with Crippen molar-refractivity contribution >= 4 is 49.6 Å². The summed E-state index contributed by atoms with van der Waals surface area (Å²) in [5, 5.41) is 4.66. The van der Waals surface area contributed by atoms with E-state index in [-0.39, 0.29) is 38.6 Å². The van der Waals surface area contributed by atoms with Crippen molar-refractivity contribution in [2.45, 2.75) is 58.7 Å². The zero-order chi connectivity index (χ0) is 41.9. The van der Waals surface area contributed by atoms with Crippen molar-refractivity contribution in [1.82, 2.24) is 19.0 Å². The van der Waals surface area contributed by atoms with Gasteiger partial charge in [-0.3, -0.25) is 0 Å². The van der Waals surface area contributed by atoms with Crippen LogP contribution < -0.4 is 0 Å². The van der Waals surface area contributed by atoms with Gasteiger partial charge in [0.1, 0.15) is 5.65 Å². The van der Waals surface area contributed by atoms with E-state index in [1.807, 2.05) is 12.3 Å². The number of aromatic nitrogens is 3. The minimum absolute atomic E-state index is 0. The van der Waals surface area contributed by atoms with E-state index in [1.165, 1.54) is 55.1 Å². The first-order valence-corrected chi connectivity index (χ1v) is 21.7. The van der Waals surface area contributed by atoms with Crippen molar-refractivity contribution in [3.63, 3.8) is 0 Å². The Morgan fingerprint density at radius 1 is 0.635 bits per heavy atom. The van der Waals surface area contributed by atoms with Gasteiger partial charge >= 0.3 is 21.1 Å². The molecule has 0 fully saturated rings. The molecule has 2 aliphatic heterocycles. The van der Waals surface area contributed by atoms with Crippen LogP contribution in [0.4, 0.5) is 0 Å². The Morgan fingerprint density at radius 3 is 2.17 bits per heavy atom. The average molecular weight is 995 g/mol. The number of hydrogen-bond acceptors (Lipinski definition) is 3. The third-order valence-corrected chi connectivity index (χ3v) is 13.2. The summed E-state index contributed by atoms with van der Waals surface area (Å²) < 4.78 is 4.70. The molecule has 0 saturated carbocycles. The molecule has 6 heteroatoms. The van der Waals surface area contributed by atoms with Crippen LogP contribution >= 0.6 is 0 Å². The molecular weight excluding hydrogens is 950 g/mol. The smallest absolute Gasteiger partial charge is 0.383 e. The molecule has 308 valence electrons. The van der Waals surface area contributed by atoms with Crippen LogP contribution in [0.3, 0.4) is 0 Å². The first-order chi connectivity index (χ1) is 30.2. The van der Waals surface area contributed by atoms with Gasteiger partial charge < -0.3 is 19.0 Å². The molecule has 0 aliphatic carbocycles. The van der Waals surface area contributed by atoms with E-state index >= 15 is 0 Å². The number of aryl methyl sites for hydroxylation is 2. The molecule has 0 N–H and O–H groups in total. The molecule has 2 aliphatic rings. The minimum Gasteiger partial charge on any atom is -0.383 e. The zero-order valence-corrected chi connectivity index (χ0v) is 38.2. The summed E-state index contributed by atoms with van der Waals surface area (Å²) in [5.41, 5.74) is 16.9. The molecule has 0 saturated heterocycles. The van der Waals surface area contributed by atoms with E-state index in [0.717, 1.165) is 62.5 Å². The van der Waals surface area contributed by atoms with Crippen LogP contribution in [0.15, 0.2) is 163 Å². The second-order valence-electron chi connectivity index (χ2n) is 18.2. The molecule has 5 heterocycles. The van der Waals surface area contributed by atoms with Gasteiger partial charge in [0.25, 0.3) is 0 Å². The fraction of sp³-hybridized carbons (Fsp3) is 0.158. The van der Waals surface area contributed by atoms with E-state index < -0.39 is 0 Å². The maximum Gasteiger partial charge on any atom is 2.00 e. The molecule has 12 rings (SSSR count). The zero-order valence-electron chi connectivity index (χ0n) is 35.9. The van der Waals surface area contributed by atoms with Crippen molar-refractivity contribution in [2.75, 3.05) is 0 Å². The van der Waals surface area contributed by atoms with Gasteiger partial charge in [-0.25, -0.2) is 4.98 Å². The number of rotatable bonds is 5. The molecule has 10 aromatic rings. The maximum atomic E-state index is 5.62. The molecule has 2 atom stereocenters. The van der Waals surface area contributed by atoms with Crippen molar-refractivity contribution in [3.8, 4) is 22.5 Å². The van der Waals surface area contributed by atoms with Crippen molar-refractivity contribution in [3.05, 3.63) is 209 Å². The van der Waals surface area contributed by atoms with Gasteiger partial charge in [-0.15, -0.1) is 46.3 Å². The summed E-state index contributed by atoms with van der Waals surface area (Å²) in [6, 6.07) is 63.3. The summed E-state index contributed by atoms with van der Waals surface area (Å²) in [6.07, 6.45) is 1.90. The maximum absolute atomic E-state index is 5.62. The van der Waals surface area contributed by atoms with Crippen LogP contribution in [0.1, 0.15) is 71.8 Å². The van der Waals surface area contributed by atoms with Crippen LogP contribution in [-0.4, -0.2) is 24.9 Å². The fourth-order valence-corrected chi connectivity index (χ4v) is 10.2. The summed E-state index contributed by atoms with van der Waals surface area (Å²) >= 11 is 0. The Labute approximate surface area is 382 Å². The van der Waals surface area contributed by atoms with Crippen molar-refractivity contribution in [2.24, 2.45) is 4.99 Å². The van der Waals surface area contributed by atoms with E-state index in [4.69, 9.17) is 9.98 Å². The molecular formula is C57H45N5Pt. The van der Waals surface area contributed by atoms with E-state index in [9.17, 15) is 0 Å². The molecule has 0 amide bonds. The summed E-state index contributed by atoms with van der Waals surface area (Å²) in [4.78, 5) is 13.2. The number of aliphatic imine (C=N–C) groups is 1. The third kappa shape index (κ3) is 6.23. The van der Waals surface area contributed by atoms with Crippen LogP contribution in [0.2, 0.25) is 0 Å². The molecule has 5 nitrogen and oxygen atoms in total. The first-order valence-electron chi connectivity index (χ1n) is 21.7. The van der Waals surface area contributed by atoms with E-state index in [1.54, 1.807) is 0 Å². The van der Waals surface area contributed by atoms with E-state index in [0.29, 0.717) is 0 Å². The van der Waals surface area contributed by atoms with Gasteiger partial charge in [0.15, 0.2) is 0 Å². The van der Waals surface area contributed by atoms with Crippen LogP contribution in [0.25, 0.3) is 66.2 Å². The molecule has 63 heavy (non-hydrogen) atoms. The second kappa shape index (κ2) is 14.8. The standard InChI is InChI=1S/C57H45N5.Pt/c1-35-22-24-49-46(27-35)47-28-36(2)51(62-50-25-23-39(37-15-8-6-9-16-37)31-48(50)45-21-14-26-58-56(45)62)33-52(47)61(49)43-30-41(29-42(32-43)57(3,4)5)55-59-53(38-17-10-7-11-18-38)54-44-20-13-12-19-40(44)34-60(54)55;/h6-29,31-32,53-54H,34H2,1-5H3;/q-2;+2/t53-,54+;/m1./s1. The van der Waals surface area contributed by atoms with Gasteiger partial charge in [-0.1, -0.05) is 148 Å². The van der Waals surface area contributed by atoms with E-state index in [2.05, 4.69) is 206 Å². The van der Waals surface area contributed by atoms with Crippen LogP contribution in [-0.2, 0) is 33.0 Å². The predicted molar refractivity (Wildman–Crippen MR) is 255 cm³/mol. The Balaban J connectivity index is 0.00000444.